The second-order valence-corrected chi connectivity index (χ2v) is 8.44. The van der Waals surface area contributed by atoms with Gasteiger partial charge in [0.1, 0.15) is 17.7 Å². The van der Waals surface area contributed by atoms with Crippen LogP contribution >= 0.6 is 0 Å². The van der Waals surface area contributed by atoms with Crippen molar-refractivity contribution in [1.29, 1.82) is 5.26 Å². The molecule has 3 heterocycles. The number of hydrogen-bond donors (Lipinski definition) is 2. The topological polar surface area (TPSA) is 150 Å². The number of aliphatic carboxylic acids is 2. The van der Waals surface area contributed by atoms with E-state index in [1.165, 1.54) is 17.4 Å². The normalized spacial score (nSPS) is 14.2. The van der Waals surface area contributed by atoms with Crippen LogP contribution < -0.4 is 9.64 Å². The van der Waals surface area contributed by atoms with Crippen LogP contribution in [0.1, 0.15) is 18.4 Å². The van der Waals surface area contributed by atoms with Gasteiger partial charge in [-0.2, -0.15) is 5.26 Å². The predicted molar refractivity (Wildman–Crippen MR) is 131 cm³/mol. The first-order valence-electron chi connectivity index (χ1n) is 11.4. The Morgan fingerprint density at radius 1 is 1.05 bits per heavy atom. The van der Waals surface area contributed by atoms with Crippen LogP contribution in [0.4, 0.5) is 5.69 Å². The number of carbonyl (C=O) groups is 2. The molecule has 10 nitrogen and oxygen atoms in total. The highest BCUT2D eigenvalue weighted by molar-refractivity contribution is 6.07. The highest BCUT2D eigenvalue weighted by Gasteiger charge is 2.55. The summed E-state index contributed by atoms with van der Waals surface area (Å²) in [7, 11) is 0. The Bertz CT molecular complexity index is 1490. The highest BCUT2D eigenvalue weighted by atomic mass is 16.5. The number of nitrogens with zero attached hydrogens (tertiary/aromatic N) is 4. The number of hydrogen-bond acceptors (Lipinski definition) is 8. The lowest BCUT2D eigenvalue weighted by atomic mass is 9.96. The summed E-state index contributed by atoms with van der Waals surface area (Å²) in [6.45, 7) is 0.300. The van der Waals surface area contributed by atoms with Gasteiger partial charge in [0.2, 0.25) is 17.3 Å². The average Bonchev–Trinajstić information content (AvgIpc) is 3.59. The maximum Gasteiger partial charge on any atom is 0.341 e. The van der Waals surface area contributed by atoms with E-state index in [1.54, 1.807) is 54.6 Å². The van der Waals surface area contributed by atoms with Crippen molar-refractivity contribution in [1.82, 2.24) is 9.97 Å². The molecule has 1 aliphatic heterocycles. The summed E-state index contributed by atoms with van der Waals surface area (Å²) in [6.07, 6.45) is 3.40. The van der Waals surface area contributed by atoms with Crippen molar-refractivity contribution < 1.29 is 29.0 Å². The van der Waals surface area contributed by atoms with E-state index in [-0.39, 0.29) is 12.3 Å². The van der Waals surface area contributed by atoms with Gasteiger partial charge >= 0.3 is 11.9 Å². The third kappa shape index (κ3) is 4.34. The second-order valence-electron chi connectivity index (χ2n) is 8.44. The Morgan fingerprint density at radius 3 is 2.51 bits per heavy atom. The van der Waals surface area contributed by atoms with Gasteiger partial charge in [-0.05, 0) is 55.3 Å². The molecule has 0 saturated carbocycles. The standard InChI is InChI=1S/C27H20N4O6/c28-14-17-3-1-4-19(13-17)22-16-36-24(30-22)18-5-8-21(9-6-18)37-23-10-7-20(15-29-23)31-12-2-11-27(31,25(32)33)26(34)35/h1,3-10,13,15-16H,2,11-12H2,(H,32,33)(H,34,35). The van der Waals surface area contributed by atoms with E-state index >= 15 is 0 Å². The Hall–Kier alpha value is -5.17. The summed E-state index contributed by atoms with van der Waals surface area (Å²) in [4.78, 5) is 33.7. The van der Waals surface area contributed by atoms with Crippen molar-refractivity contribution in [3.63, 3.8) is 0 Å². The summed E-state index contributed by atoms with van der Waals surface area (Å²) in [5.74, 6) is -1.61. The summed E-state index contributed by atoms with van der Waals surface area (Å²) in [5.41, 5.74) is 1.05. The Kier molecular flexibility index (Phi) is 6.03. The van der Waals surface area contributed by atoms with Gasteiger partial charge in [-0.15, -0.1) is 0 Å². The number of oxazole rings is 1. The maximum atomic E-state index is 11.8. The van der Waals surface area contributed by atoms with Gasteiger partial charge in [0.15, 0.2) is 0 Å². The van der Waals surface area contributed by atoms with E-state index in [9.17, 15) is 19.8 Å². The van der Waals surface area contributed by atoms with Crippen LogP contribution in [0.3, 0.4) is 0 Å². The number of carboxylic acid groups (broad SMARTS) is 2. The van der Waals surface area contributed by atoms with E-state index < -0.39 is 17.5 Å². The monoisotopic (exact) mass is 496 g/mol. The van der Waals surface area contributed by atoms with Gasteiger partial charge in [-0.3, -0.25) is 0 Å². The molecule has 0 spiro atoms. The fourth-order valence-corrected chi connectivity index (χ4v) is 4.37. The van der Waals surface area contributed by atoms with E-state index in [0.29, 0.717) is 41.6 Å². The molecule has 10 heteroatoms. The van der Waals surface area contributed by atoms with E-state index in [2.05, 4.69) is 16.0 Å². The second kappa shape index (κ2) is 9.47. The van der Waals surface area contributed by atoms with Gasteiger partial charge in [-0.25, -0.2) is 19.6 Å². The smallest absolute Gasteiger partial charge is 0.341 e. The van der Waals surface area contributed by atoms with Gasteiger partial charge in [0.25, 0.3) is 0 Å². The number of pyridine rings is 1. The first-order valence-corrected chi connectivity index (χ1v) is 11.4. The molecule has 5 rings (SSSR count). The molecule has 37 heavy (non-hydrogen) atoms. The zero-order valence-corrected chi connectivity index (χ0v) is 19.4. The molecule has 2 aromatic carbocycles. The molecule has 1 saturated heterocycles. The van der Waals surface area contributed by atoms with Gasteiger partial charge in [0.05, 0.1) is 23.5 Å². The van der Waals surface area contributed by atoms with Gasteiger partial charge in [-0.1, -0.05) is 12.1 Å². The molecular formula is C27H20N4O6. The fraction of sp³-hybridized carbons (Fsp3) is 0.148. The molecule has 184 valence electrons. The van der Waals surface area contributed by atoms with Gasteiger partial charge in [0, 0.05) is 23.7 Å². The molecule has 0 aliphatic carbocycles. The van der Waals surface area contributed by atoms with E-state index in [1.807, 2.05) is 6.07 Å². The third-order valence-electron chi connectivity index (χ3n) is 6.24. The lowest BCUT2D eigenvalue weighted by Crippen LogP contribution is -2.57. The molecule has 4 aromatic rings. The maximum absolute atomic E-state index is 11.8. The molecular weight excluding hydrogens is 476 g/mol. The molecule has 0 radical (unpaired) electrons. The number of anilines is 1. The number of nitriles is 1. The van der Waals surface area contributed by atoms with Crippen LogP contribution in [0.25, 0.3) is 22.7 Å². The molecule has 2 aromatic heterocycles. The summed E-state index contributed by atoms with van der Waals surface area (Å²) >= 11 is 0. The zero-order chi connectivity index (χ0) is 26.0. The molecule has 0 bridgehead atoms. The minimum Gasteiger partial charge on any atom is -0.479 e. The predicted octanol–water partition coefficient (Wildman–Crippen LogP) is 4.58. The number of aromatic nitrogens is 2. The molecule has 1 aliphatic rings. The lowest BCUT2D eigenvalue weighted by Gasteiger charge is -2.32. The number of ether oxygens (including phenoxy) is 1. The molecule has 0 atom stereocenters. The number of benzene rings is 2. The molecule has 2 N–H and O–H groups in total. The van der Waals surface area contributed by atoms with Crippen LogP contribution in [0.15, 0.2) is 77.5 Å². The quantitative estimate of drug-likeness (QED) is 0.348. The third-order valence-corrected chi connectivity index (χ3v) is 6.24. The zero-order valence-electron chi connectivity index (χ0n) is 19.4. The minimum atomic E-state index is -2.00. The largest absolute Gasteiger partial charge is 0.479 e. The van der Waals surface area contributed by atoms with Crippen molar-refractivity contribution in [3.8, 4) is 40.4 Å². The fourth-order valence-electron chi connectivity index (χ4n) is 4.37. The van der Waals surface area contributed by atoms with E-state index in [0.717, 1.165) is 11.1 Å². The van der Waals surface area contributed by atoms with Crippen LogP contribution in [0.5, 0.6) is 11.6 Å². The van der Waals surface area contributed by atoms with Gasteiger partial charge < -0.3 is 24.3 Å². The Morgan fingerprint density at radius 2 is 1.84 bits per heavy atom. The Labute approximate surface area is 211 Å². The summed E-state index contributed by atoms with van der Waals surface area (Å²) in [5, 5.41) is 28.3. The summed E-state index contributed by atoms with van der Waals surface area (Å²) < 4.78 is 11.4. The number of rotatable bonds is 7. The van der Waals surface area contributed by atoms with Crippen molar-refractivity contribution in [2.45, 2.75) is 18.4 Å². The molecule has 0 amide bonds. The SMILES string of the molecule is N#Cc1cccc(-c2coc(-c3ccc(Oc4ccc(N5CCCC5(C(=O)O)C(=O)O)cn4)cc3)n2)c1. The lowest BCUT2D eigenvalue weighted by molar-refractivity contribution is -0.156. The molecule has 1 fully saturated rings. The van der Waals surface area contributed by atoms with Crippen molar-refractivity contribution in [3.05, 3.63) is 78.7 Å². The van der Waals surface area contributed by atoms with Crippen LogP contribution in [0.2, 0.25) is 0 Å². The van der Waals surface area contributed by atoms with E-state index in [4.69, 9.17) is 14.4 Å². The van der Waals surface area contributed by atoms with Crippen LogP contribution in [0, 0.1) is 11.3 Å². The molecule has 0 unspecified atom stereocenters. The van der Waals surface area contributed by atoms with Crippen LogP contribution in [-0.4, -0.2) is 44.2 Å². The minimum absolute atomic E-state index is 0.0144. The average molecular weight is 496 g/mol. The Balaban J connectivity index is 1.29. The van der Waals surface area contributed by atoms with Crippen LogP contribution in [-0.2, 0) is 9.59 Å². The van der Waals surface area contributed by atoms with Crippen molar-refractivity contribution in [2.75, 3.05) is 11.4 Å². The first-order chi connectivity index (χ1) is 17.9. The summed E-state index contributed by atoms with van der Waals surface area (Å²) in [6, 6.07) is 19.4. The highest BCUT2D eigenvalue weighted by Crippen LogP contribution is 2.35. The number of carboxylic acids is 2. The first kappa shape index (κ1) is 23.6. The van der Waals surface area contributed by atoms with Crippen molar-refractivity contribution >= 4 is 17.6 Å². The van der Waals surface area contributed by atoms with Crippen molar-refractivity contribution in [2.24, 2.45) is 0 Å².